The lowest BCUT2D eigenvalue weighted by atomic mass is 9.92. The van der Waals surface area contributed by atoms with Crippen LogP contribution >= 0.6 is 0 Å². The number of fused-ring (bicyclic) bond motifs is 1. The lowest BCUT2D eigenvalue weighted by Crippen LogP contribution is -2.21. The average molecular weight is 303 g/mol. The highest BCUT2D eigenvalue weighted by Crippen LogP contribution is 2.28. The van der Waals surface area contributed by atoms with Crippen molar-refractivity contribution in [1.29, 1.82) is 0 Å². The van der Waals surface area contributed by atoms with Crippen LogP contribution in [0, 0.1) is 11.8 Å². The number of H-pyrrole nitrogens is 1. The number of aliphatic hydroxyl groups is 1. The maximum absolute atomic E-state index is 10.3. The van der Waals surface area contributed by atoms with Gasteiger partial charge < -0.3 is 15.8 Å². The molecule has 0 amide bonds. The van der Waals surface area contributed by atoms with Crippen molar-refractivity contribution in [2.75, 3.05) is 18.8 Å². The zero-order valence-corrected chi connectivity index (χ0v) is 13.3. The molecule has 6 nitrogen and oxygen atoms in total. The number of aromatic amines is 1. The van der Waals surface area contributed by atoms with E-state index in [9.17, 15) is 5.11 Å². The van der Waals surface area contributed by atoms with E-state index in [0.29, 0.717) is 17.7 Å². The van der Waals surface area contributed by atoms with Crippen LogP contribution in [-0.2, 0) is 6.54 Å². The first-order valence-electron chi connectivity index (χ1n) is 8.05. The standard InChI is InChI=1S/C16H25N5O/c1-3-10(2)4-11-6-21(8-13(11)22)7-12-5-18-15-14(12)19-9-20-16(15)17/h5,9-11,13,18,22H,3-4,6-8H2,1-2H3,(H2,17,19,20)/t10?,11-,13+/m1/s1. The Morgan fingerprint density at radius 3 is 3.05 bits per heavy atom. The van der Waals surface area contributed by atoms with Gasteiger partial charge in [0.25, 0.3) is 0 Å². The summed E-state index contributed by atoms with van der Waals surface area (Å²) in [5, 5.41) is 10.3. The van der Waals surface area contributed by atoms with Crippen LogP contribution < -0.4 is 5.73 Å². The third kappa shape index (κ3) is 2.94. The summed E-state index contributed by atoms with van der Waals surface area (Å²) >= 11 is 0. The van der Waals surface area contributed by atoms with Gasteiger partial charge >= 0.3 is 0 Å². The van der Waals surface area contributed by atoms with Gasteiger partial charge in [-0.15, -0.1) is 0 Å². The predicted octanol–water partition coefficient (Wildman–Crippen LogP) is 1.77. The fourth-order valence-electron chi connectivity index (χ4n) is 3.36. The van der Waals surface area contributed by atoms with Gasteiger partial charge in [0.2, 0.25) is 0 Å². The monoisotopic (exact) mass is 303 g/mol. The number of anilines is 1. The van der Waals surface area contributed by atoms with Gasteiger partial charge in [-0.1, -0.05) is 20.3 Å². The van der Waals surface area contributed by atoms with E-state index >= 15 is 0 Å². The molecule has 1 aliphatic rings. The summed E-state index contributed by atoms with van der Waals surface area (Å²) in [7, 11) is 0. The molecular weight excluding hydrogens is 278 g/mol. The van der Waals surface area contributed by atoms with Gasteiger partial charge in [0.15, 0.2) is 5.82 Å². The van der Waals surface area contributed by atoms with Crippen LogP contribution in [0.2, 0.25) is 0 Å². The summed E-state index contributed by atoms with van der Waals surface area (Å²) in [6.07, 6.45) is 5.49. The molecule has 0 spiro atoms. The summed E-state index contributed by atoms with van der Waals surface area (Å²) in [5.74, 6) is 1.52. The molecule has 0 aromatic carbocycles. The molecule has 3 rings (SSSR count). The van der Waals surface area contributed by atoms with Crippen molar-refractivity contribution in [2.45, 2.75) is 39.3 Å². The van der Waals surface area contributed by atoms with Gasteiger partial charge in [-0.05, 0) is 18.3 Å². The number of likely N-dealkylation sites (tertiary alicyclic amines) is 1. The zero-order chi connectivity index (χ0) is 15.7. The first kappa shape index (κ1) is 15.2. The first-order valence-corrected chi connectivity index (χ1v) is 8.05. The Hall–Kier alpha value is -1.66. The van der Waals surface area contributed by atoms with E-state index in [-0.39, 0.29) is 6.10 Å². The minimum atomic E-state index is -0.223. The minimum Gasteiger partial charge on any atom is -0.391 e. The summed E-state index contributed by atoms with van der Waals surface area (Å²) in [4.78, 5) is 13.8. The molecule has 120 valence electrons. The Kier molecular flexibility index (Phi) is 4.31. The molecule has 0 aliphatic carbocycles. The number of nitrogens with zero attached hydrogens (tertiary/aromatic N) is 3. The third-order valence-electron chi connectivity index (χ3n) is 4.85. The maximum Gasteiger partial charge on any atom is 0.151 e. The number of rotatable bonds is 5. The molecule has 1 saturated heterocycles. The van der Waals surface area contributed by atoms with Crippen molar-refractivity contribution in [3.05, 3.63) is 18.1 Å². The number of nitrogens with one attached hydrogen (secondary N) is 1. The molecule has 0 saturated carbocycles. The molecular formula is C16H25N5O. The Bertz CT molecular complexity index is 640. The van der Waals surface area contributed by atoms with E-state index < -0.39 is 0 Å². The average Bonchev–Trinajstić information content (AvgIpc) is 3.05. The van der Waals surface area contributed by atoms with Crippen molar-refractivity contribution >= 4 is 16.9 Å². The molecule has 3 heterocycles. The van der Waals surface area contributed by atoms with Crippen LogP contribution in [0.5, 0.6) is 0 Å². The van der Waals surface area contributed by atoms with E-state index in [0.717, 1.165) is 42.7 Å². The number of β-amino-alcohol motifs (C(OH)–C–C–N with tert-alkyl or cyclic N) is 1. The van der Waals surface area contributed by atoms with Crippen molar-refractivity contribution in [2.24, 2.45) is 11.8 Å². The summed E-state index contributed by atoms with van der Waals surface area (Å²) < 4.78 is 0. The number of aliphatic hydroxyl groups excluding tert-OH is 1. The second-order valence-corrected chi connectivity index (χ2v) is 6.57. The largest absolute Gasteiger partial charge is 0.391 e. The van der Waals surface area contributed by atoms with Gasteiger partial charge in [0.05, 0.1) is 11.6 Å². The van der Waals surface area contributed by atoms with Crippen LogP contribution in [0.1, 0.15) is 32.3 Å². The van der Waals surface area contributed by atoms with Crippen molar-refractivity contribution in [3.63, 3.8) is 0 Å². The van der Waals surface area contributed by atoms with Crippen LogP contribution in [0.4, 0.5) is 5.82 Å². The van der Waals surface area contributed by atoms with Crippen molar-refractivity contribution in [3.8, 4) is 0 Å². The van der Waals surface area contributed by atoms with E-state index in [4.69, 9.17) is 5.73 Å². The van der Waals surface area contributed by atoms with Gasteiger partial charge in [-0.25, -0.2) is 9.97 Å². The molecule has 0 bridgehead atoms. The summed E-state index contributed by atoms with van der Waals surface area (Å²) in [5.41, 5.74) is 8.65. The smallest absolute Gasteiger partial charge is 0.151 e. The Balaban J connectivity index is 1.70. The molecule has 4 N–H and O–H groups in total. The highest BCUT2D eigenvalue weighted by Gasteiger charge is 2.32. The van der Waals surface area contributed by atoms with E-state index in [1.165, 1.54) is 12.7 Å². The van der Waals surface area contributed by atoms with E-state index in [1.54, 1.807) is 0 Å². The molecule has 2 aromatic heterocycles. The fourth-order valence-corrected chi connectivity index (χ4v) is 3.36. The predicted molar refractivity (Wildman–Crippen MR) is 87.1 cm³/mol. The Morgan fingerprint density at radius 2 is 2.27 bits per heavy atom. The number of aromatic nitrogens is 3. The van der Waals surface area contributed by atoms with E-state index in [1.807, 2.05) is 6.20 Å². The number of hydrogen-bond donors (Lipinski definition) is 3. The summed E-state index contributed by atoms with van der Waals surface area (Å²) in [6.45, 7) is 6.92. The topological polar surface area (TPSA) is 91.1 Å². The van der Waals surface area contributed by atoms with Gasteiger partial charge in [-0.2, -0.15) is 0 Å². The Morgan fingerprint density at radius 1 is 1.45 bits per heavy atom. The molecule has 6 heteroatoms. The van der Waals surface area contributed by atoms with Crippen LogP contribution in [0.15, 0.2) is 12.5 Å². The second-order valence-electron chi connectivity index (χ2n) is 6.57. The lowest BCUT2D eigenvalue weighted by Gasteiger charge is -2.18. The number of hydrogen-bond acceptors (Lipinski definition) is 5. The molecule has 22 heavy (non-hydrogen) atoms. The van der Waals surface area contributed by atoms with Crippen LogP contribution in [0.3, 0.4) is 0 Å². The third-order valence-corrected chi connectivity index (χ3v) is 4.85. The van der Waals surface area contributed by atoms with Crippen molar-refractivity contribution < 1.29 is 5.11 Å². The molecule has 1 unspecified atom stereocenters. The highest BCUT2D eigenvalue weighted by molar-refractivity contribution is 5.86. The molecule has 2 aromatic rings. The normalized spacial score (nSPS) is 24.1. The quantitative estimate of drug-likeness (QED) is 0.783. The molecule has 1 aliphatic heterocycles. The SMILES string of the molecule is CCC(C)C[C@@H]1CN(Cc2c[nH]c3c(N)ncnc23)C[C@@H]1O. The number of nitrogens with two attached hydrogens (primary N) is 1. The number of nitrogen functional groups attached to an aromatic ring is 1. The van der Waals surface area contributed by atoms with E-state index in [2.05, 4.69) is 33.7 Å². The molecule has 1 fully saturated rings. The second kappa shape index (κ2) is 6.22. The van der Waals surface area contributed by atoms with Gasteiger partial charge in [0, 0.05) is 31.4 Å². The van der Waals surface area contributed by atoms with Gasteiger partial charge in [-0.3, -0.25) is 4.90 Å². The zero-order valence-electron chi connectivity index (χ0n) is 13.3. The Labute approximate surface area is 130 Å². The fraction of sp³-hybridized carbons (Fsp3) is 0.625. The maximum atomic E-state index is 10.3. The first-order chi connectivity index (χ1) is 10.6. The van der Waals surface area contributed by atoms with Crippen LogP contribution in [-0.4, -0.2) is 44.2 Å². The minimum absolute atomic E-state index is 0.223. The molecule has 0 radical (unpaired) electrons. The highest BCUT2D eigenvalue weighted by atomic mass is 16.3. The molecule has 3 atom stereocenters. The summed E-state index contributed by atoms with van der Waals surface area (Å²) in [6, 6.07) is 0. The lowest BCUT2D eigenvalue weighted by molar-refractivity contribution is 0.129. The van der Waals surface area contributed by atoms with Gasteiger partial charge in [0.1, 0.15) is 11.8 Å². The van der Waals surface area contributed by atoms with Crippen molar-refractivity contribution in [1.82, 2.24) is 19.9 Å². The van der Waals surface area contributed by atoms with Crippen LogP contribution in [0.25, 0.3) is 11.0 Å².